The zero-order chi connectivity index (χ0) is 41.8. The van der Waals surface area contributed by atoms with Gasteiger partial charge in [-0.1, -0.05) is 142 Å². The maximum absolute atomic E-state index is 7.79. The molecule has 56 heavy (non-hydrogen) atoms. The second-order valence-electron chi connectivity index (χ2n) is 20.7. The summed E-state index contributed by atoms with van der Waals surface area (Å²) < 4.78 is 35.6. The summed E-state index contributed by atoms with van der Waals surface area (Å²) in [7, 11) is -6.83. The summed E-state index contributed by atoms with van der Waals surface area (Å²) in [6.45, 7) is 38.5. The Morgan fingerprint density at radius 2 is 1.16 bits per heavy atom. The SMILES string of the molecule is C=CC[C@@H](C[C@@H](C[C@H]1CCC[C@@H](C[C@H](CCOCCCC)O[Si](c2ccccc2)(c2ccccc2)C(C)(C)C)O1)O[Si](C)(C)C(C)(C)C)O[Si](C)(C)C(C)(C)C. The van der Waals surface area contributed by atoms with E-state index < -0.39 is 25.0 Å². The van der Waals surface area contributed by atoms with Gasteiger partial charge in [0.1, 0.15) is 0 Å². The highest BCUT2D eigenvalue weighted by atomic mass is 28.4. The van der Waals surface area contributed by atoms with Crippen LogP contribution < -0.4 is 10.4 Å². The van der Waals surface area contributed by atoms with Gasteiger partial charge in [-0.15, -0.1) is 6.58 Å². The van der Waals surface area contributed by atoms with Gasteiger partial charge in [-0.05, 0) is 109 Å². The molecular formula is C48H84O5Si3. The molecule has 0 radical (unpaired) electrons. The van der Waals surface area contributed by atoms with Crippen molar-refractivity contribution in [2.24, 2.45) is 0 Å². The predicted octanol–water partition coefficient (Wildman–Crippen LogP) is 12.6. The van der Waals surface area contributed by atoms with E-state index in [2.05, 4.69) is 163 Å². The van der Waals surface area contributed by atoms with Gasteiger partial charge in [-0.25, -0.2) is 0 Å². The van der Waals surface area contributed by atoms with Crippen molar-refractivity contribution in [1.82, 2.24) is 0 Å². The highest BCUT2D eigenvalue weighted by Crippen LogP contribution is 2.42. The van der Waals surface area contributed by atoms with Crippen LogP contribution in [0.4, 0.5) is 0 Å². The van der Waals surface area contributed by atoms with Crippen molar-refractivity contribution in [3.63, 3.8) is 0 Å². The number of hydrogen-bond donors (Lipinski definition) is 0. The molecule has 0 amide bonds. The summed E-state index contributed by atoms with van der Waals surface area (Å²) in [4.78, 5) is 0. The molecule has 0 saturated carbocycles. The first kappa shape index (κ1) is 49.0. The maximum atomic E-state index is 7.79. The van der Waals surface area contributed by atoms with Crippen LogP contribution in [0.1, 0.15) is 133 Å². The molecule has 0 aromatic heterocycles. The molecule has 5 atom stereocenters. The Morgan fingerprint density at radius 3 is 1.61 bits per heavy atom. The lowest BCUT2D eigenvalue weighted by molar-refractivity contribution is -0.0854. The van der Waals surface area contributed by atoms with Crippen molar-refractivity contribution >= 4 is 35.3 Å². The van der Waals surface area contributed by atoms with Crippen molar-refractivity contribution in [2.75, 3.05) is 13.2 Å². The molecule has 0 aliphatic carbocycles. The van der Waals surface area contributed by atoms with E-state index in [-0.39, 0.29) is 45.6 Å². The van der Waals surface area contributed by atoms with Crippen LogP contribution in [-0.4, -0.2) is 68.7 Å². The van der Waals surface area contributed by atoms with Crippen LogP contribution in [0, 0.1) is 0 Å². The normalized spacial score (nSPS) is 19.4. The monoisotopic (exact) mass is 825 g/mol. The average molecular weight is 825 g/mol. The summed E-state index contributed by atoms with van der Waals surface area (Å²) in [5.74, 6) is 0. The fourth-order valence-corrected chi connectivity index (χ4v) is 15.2. The van der Waals surface area contributed by atoms with Crippen LogP contribution in [0.2, 0.25) is 41.3 Å². The second-order valence-corrected chi connectivity index (χ2v) is 34.5. The van der Waals surface area contributed by atoms with Crippen LogP contribution >= 0.6 is 0 Å². The molecule has 1 aliphatic rings. The van der Waals surface area contributed by atoms with Crippen molar-refractivity contribution in [3.05, 3.63) is 73.3 Å². The molecule has 5 nitrogen and oxygen atoms in total. The van der Waals surface area contributed by atoms with Gasteiger partial charge in [-0.2, -0.15) is 0 Å². The third kappa shape index (κ3) is 13.9. The molecule has 0 spiro atoms. The summed E-state index contributed by atoms with van der Waals surface area (Å²) in [5.41, 5.74) is 0. The zero-order valence-electron chi connectivity index (χ0n) is 38.5. The first-order chi connectivity index (χ1) is 26.1. The number of benzene rings is 2. The minimum absolute atomic E-state index is 0.000851. The Morgan fingerprint density at radius 1 is 0.679 bits per heavy atom. The zero-order valence-corrected chi connectivity index (χ0v) is 41.5. The van der Waals surface area contributed by atoms with Crippen LogP contribution in [0.15, 0.2) is 73.3 Å². The Balaban J connectivity index is 1.94. The molecule has 1 aliphatic heterocycles. The van der Waals surface area contributed by atoms with Crippen LogP contribution in [-0.2, 0) is 22.8 Å². The van der Waals surface area contributed by atoms with Crippen LogP contribution in [0.5, 0.6) is 0 Å². The Bertz CT molecular complexity index is 1370. The van der Waals surface area contributed by atoms with Gasteiger partial charge in [0.25, 0.3) is 8.32 Å². The van der Waals surface area contributed by atoms with Gasteiger partial charge in [0.15, 0.2) is 16.6 Å². The fraction of sp³-hybridized carbons (Fsp3) is 0.708. The van der Waals surface area contributed by atoms with Crippen molar-refractivity contribution < 1.29 is 22.8 Å². The molecule has 1 heterocycles. The lowest BCUT2D eigenvalue weighted by Crippen LogP contribution is -2.68. The lowest BCUT2D eigenvalue weighted by Gasteiger charge is -2.46. The summed E-state index contributed by atoms with van der Waals surface area (Å²) in [6.07, 6.45) is 12.2. The quantitative estimate of drug-likeness (QED) is 0.0672. The van der Waals surface area contributed by atoms with E-state index in [1.54, 1.807) is 0 Å². The maximum Gasteiger partial charge on any atom is 0.261 e. The molecule has 8 heteroatoms. The summed E-state index contributed by atoms with van der Waals surface area (Å²) in [6, 6.07) is 22.1. The average Bonchev–Trinajstić information content (AvgIpc) is 3.09. The Labute approximate surface area is 348 Å². The topological polar surface area (TPSA) is 46.2 Å². The summed E-state index contributed by atoms with van der Waals surface area (Å²) in [5, 5.41) is 2.78. The highest BCUT2D eigenvalue weighted by Gasteiger charge is 2.52. The van der Waals surface area contributed by atoms with Gasteiger partial charge < -0.3 is 22.8 Å². The molecule has 1 saturated heterocycles. The van der Waals surface area contributed by atoms with E-state index in [1.165, 1.54) is 10.4 Å². The molecule has 318 valence electrons. The molecule has 1 fully saturated rings. The van der Waals surface area contributed by atoms with Gasteiger partial charge >= 0.3 is 0 Å². The van der Waals surface area contributed by atoms with Gasteiger partial charge in [0.05, 0.1) is 24.4 Å². The molecular weight excluding hydrogens is 741 g/mol. The van der Waals surface area contributed by atoms with Crippen molar-refractivity contribution in [1.29, 1.82) is 0 Å². The molecule has 0 N–H and O–H groups in total. The van der Waals surface area contributed by atoms with E-state index in [0.29, 0.717) is 6.61 Å². The first-order valence-electron chi connectivity index (χ1n) is 22.0. The van der Waals surface area contributed by atoms with Gasteiger partial charge in [0.2, 0.25) is 0 Å². The second kappa shape index (κ2) is 21.2. The van der Waals surface area contributed by atoms with Crippen molar-refractivity contribution in [3.8, 4) is 0 Å². The van der Waals surface area contributed by atoms with E-state index in [1.807, 2.05) is 6.08 Å². The number of ether oxygens (including phenoxy) is 2. The van der Waals surface area contributed by atoms with E-state index in [0.717, 1.165) is 70.8 Å². The molecule has 3 rings (SSSR count). The van der Waals surface area contributed by atoms with Gasteiger partial charge in [0, 0.05) is 19.3 Å². The van der Waals surface area contributed by atoms with Crippen LogP contribution in [0.25, 0.3) is 0 Å². The summed E-state index contributed by atoms with van der Waals surface area (Å²) >= 11 is 0. The standard InChI is InChI=1S/C48H84O5Si3/c1-16-18-34-49-35-33-42(53-56(48(9,10)11,44-29-21-19-22-30-44)45-31-23-20-24-32-45)36-39-27-25-28-40(50-39)37-43(52-55(14,15)47(6,7)8)38-41(26-17-2)51-54(12,13)46(3,4)5/h17,19-24,29-32,39-43H,2,16,18,25-28,33-38H2,1,3-15H3/t39-,40+,41-,42-,43+/m0/s1. The van der Waals surface area contributed by atoms with Crippen molar-refractivity contribution in [2.45, 2.75) is 205 Å². The third-order valence-corrected chi connectivity index (χ3v) is 27.1. The molecule has 0 bridgehead atoms. The minimum Gasteiger partial charge on any atom is -0.414 e. The lowest BCUT2D eigenvalue weighted by atomic mass is 9.95. The van der Waals surface area contributed by atoms with Crippen LogP contribution in [0.3, 0.4) is 0 Å². The number of hydrogen-bond acceptors (Lipinski definition) is 5. The third-order valence-electron chi connectivity index (χ3n) is 13.0. The minimum atomic E-state index is -2.77. The smallest absolute Gasteiger partial charge is 0.261 e. The Kier molecular flexibility index (Phi) is 18.6. The number of rotatable bonds is 22. The predicted molar refractivity (Wildman–Crippen MR) is 248 cm³/mol. The largest absolute Gasteiger partial charge is 0.414 e. The van der Waals surface area contributed by atoms with E-state index >= 15 is 0 Å². The molecule has 0 unspecified atom stereocenters. The van der Waals surface area contributed by atoms with E-state index in [4.69, 9.17) is 22.8 Å². The highest BCUT2D eigenvalue weighted by molar-refractivity contribution is 6.99. The Hall–Kier alpha value is -1.37. The van der Waals surface area contributed by atoms with E-state index in [9.17, 15) is 0 Å². The first-order valence-corrected chi connectivity index (χ1v) is 29.8. The molecule has 2 aromatic rings. The number of unbranched alkanes of at least 4 members (excludes halogenated alkanes) is 1. The molecule has 2 aromatic carbocycles. The fourth-order valence-electron chi connectivity index (χ4n) is 7.69. The van der Waals surface area contributed by atoms with Gasteiger partial charge in [-0.3, -0.25) is 0 Å².